The first-order valence-electron chi connectivity index (χ1n) is 10.1. The number of likely N-dealkylation sites (N-methyl/N-ethyl adjacent to an activating group) is 1. The zero-order valence-electron chi connectivity index (χ0n) is 17.5. The van der Waals surface area contributed by atoms with Gasteiger partial charge in [-0.05, 0) is 43.8 Å². The van der Waals surface area contributed by atoms with Crippen LogP contribution in [0.15, 0.2) is 48.5 Å². The Hall–Kier alpha value is -2.86. The fourth-order valence-corrected chi connectivity index (χ4v) is 3.51. The average Bonchev–Trinajstić information content (AvgIpc) is 2.71. The number of piperazine rings is 1. The predicted octanol–water partition coefficient (Wildman–Crippen LogP) is 2.42. The van der Waals surface area contributed by atoms with Crippen molar-refractivity contribution in [3.05, 3.63) is 59.7 Å². The predicted molar refractivity (Wildman–Crippen MR) is 117 cm³/mol. The van der Waals surface area contributed by atoms with Gasteiger partial charge in [-0.3, -0.25) is 9.59 Å². The van der Waals surface area contributed by atoms with Crippen LogP contribution in [0.4, 0.5) is 11.4 Å². The van der Waals surface area contributed by atoms with Gasteiger partial charge in [-0.25, -0.2) is 0 Å². The molecule has 1 fully saturated rings. The van der Waals surface area contributed by atoms with E-state index in [9.17, 15) is 9.59 Å². The van der Waals surface area contributed by atoms with Gasteiger partial charge in [0.1, 0.15) is 6.54 Å². The molecule has 1 heterocycles. The van der Waals surface area contributed by atoms with Gasteiger partial charge in [-0.1, -0.05) is 29.8 Å². The summed E-state index contributed by atoms with van der Waals surface area (Å²) in [5, 5.41) is 2.90. The van der Waals surface area contributed by atoms with Crippen LogP contribution in [0.1, 0.15) is 18.1 Å². The van der Waals surface area contributed by atoms with E-state index in [4.69, 9.17) is 0 Å². The molecule has 0 saturated carbocycles. The zero-order valence-corrected chi connectivity index (χ0v) is 17.5. The molecule has 0 spiro atoms. The van der Waals surface area contributed by atoms with E-state index in [1.807, 2.05) is 55.5 Å². The fourth-order valence-electron chi connectivity index (χ4n) is 3.51. The largest absolute Gasteiger partial charge is 0.369 e. The number of hydrogen-bond donors (Lipinski definition) is 1. The van der Waals surface area contributed by atoms with E-state index >= 15 is 0 Å². The lowest BCUT2D eigenvalue weighted by Gasteiger charge is -2.34. The monoisotopic (exact) mass is 394 g/mol. The highest BCUT2D eigenvalue weighted by molar-refractivity contribution is 5.97. The van der Waals surface area contributed by atoms with Crippen molar-refractivity contribution in [2.45, 2.75) is 20.4 Å². The maximum atomic E-state index is 12.4. The molecule has 154 valence electrons. The lowest BCUT2D eigenvalue weighted by atomic mass is 10.1. The SMILES string of the molecule is CC(=O)N(CC(=O)NCc1cccc(C)c1)c1ccc(N2CCN(C)CC2)cc1. The molecule has 6 heteroatoms. The molecule has 1 aliphatic heterocycles. The number of carbonyl (C=O) groups is 2. The number of aryl methyl sites for hydroxylation is 1. The third-order valence-corrected chi connectivity index (χ3v) is 5.28. The summed E-state index contributed by atoms with van der Waals surface area (Å²) in [6.07, 6.45) is 0. The van der Waals surface area contributed by atoms with Crippen molar-refractivity contribution in [2.75, 3.05) is 49.6 Å². The van der Waals surface area contributed by atoms with Crippen LogP contribution in [0.2, 0.25) is 0 Å². The summed E-state index contributed by atoms with van der Waals surface area (Å²) in [5.41, 5.74) is 4.09. The van der Waals surface area contributed by atoms with Crippen molar-refractivity contribution in [3.63, 3.8) is 0 Å². The van der Waals surface area contributed by atoms with E-state index in [0.717, 1.165) is 48.7 Å². The molecule has 2 aromatic carbocycles. The first kappa shape index (κ1) is 20.9. The van der Waals surface area contributed by atoms with E-state index in [-0.39, 0.29) is 18.4 Å². The van der Waals surface area contributed by atoms with E-state index in [1.165, 1.54) is 11.8 Å². The van der Waals surface area contributed by atoms with Crippen LogP contribution >= 0.6 is 0 Å². The van der Waals surface area contributed by atoms with Crippen molar-refractivity contribution < 1.29 is 9.59 Å². The van der Waals surface area contributed by atoms with Crippen molar-refractivity contribution >= 4 is 23.2 Å². The number of benzene rings is 2. The molecule has 29 heavy (non-hydrogen) atoms. The van der Waals surface area contributed by atoms with E-state index in [0.29, 0.717) is 6.54 Å². The van der Waals surface area contributed by atoms with E-state index in [1.54, 1.807) is 0 Å². The number of amides is 2. The lowest BCUT2D eigenvalue weighted by molar-refractivity contribution is -0.123. The molecule has 2 amide bonds. The minimum atomic E-state index is -0.176. The molecule has 0 aromatic heterocycles. The number of nitrogens with zero attached hydrogens (tertiary/aromatic N) is 3. The van der Waals surface area contributed by atoms with Gasteiger partial charge >= 0.3 is 0 Å². The molecule has 1 N–H and O–H groups in total. The minimum absolute atomic E-state index is 0.00893. The van der Waals surface area contributed by atoms with E-state index < -0.39 is 0 Å². The highest BCUT2D eigenvalue weighted by Crippen LogP contribution is 2.22. The second-order valence-corrected chi connectivity index (χ2v) is 7.68. The molecule has 1 saturated heterocycles. The third kappa shape index (κ3) is 5.81. The smallest absolute Gasteiger partial charge is 0.240 e. The van der Waals surface area contributed by atoms with Gasteiger partial charge in [0.15, 0.2) is 0 Å². The molecule has 0 radical (unpaired) electrons. The second-order valence-electron chi connectivity index (χ2n) is 7.68. The number of nitrogens with one attached hydrogen (secondary N) is 1. The van der Waals surface area contributed by atoms with Crippen LogP contribution in [0.5, 0.6) is 0 Å². The van der Waals surface area contributed by atoms with Crippen molar-refractivity contribution in [3.8, 4) is 0 Å². The third-order valence-electron chi connectivity index (χ3n) is 5.28. The molecular weight excluding hydrogens is 364 g/mol. The number of anilines is 2. The number of carbonyl (C=O) groups excluding carboxylic acids is 2. The van der Waals surface area contributed by atoms with Gasteiger partial charge in [-0.2, -0.15) is 0 Å². The van der Waals surface area contributed by atoms with Crippen LogP contribution in [-0.4, -0.2) is 56.5 Å². The van der Waals surface area contributed by atoms with Crippen LogP contribution in [0.25, 0.3) is 0 Å². The lowest BCUT2D eigenvalue weighted by Crippen LogP contribution is -2.44. The van der Waals surface area contributed by atoms with Gasteiger partial charge in [0.25, 0.3) is 0 Å². The Morgan fingerprint density at radius 2 is 1.72 bits per heavy atom. The average molecular weight is 395 g/mol. The summed E-state index contributed by atoms with van der Waals surface area (Å²) < 4.78 is 0. The number of rotatable bonds is 6. The zero-order chi connectivity index (χ0) is 20.8. The molecular formula is C23H30N4O2. The Kier molecular flexibility index (Phi) is 6.88. The Labute approximate surface area is 173 Å². The van der Waals surface area contributed by atoms with Gasteiger partial charge in [-0.15, -0.1) is 0 Å². The molecule has 0 atom stereocenters. The number of hydrogen-bond acceptors (Lipinski definition) is 4. The Morgan fingerprint density at radius 3 is 2.34 bits per heavy atom. The van der Waals surface area contributed by atoms with Crippen molar-refractivity contribution in [1.82, 2.24) is 10.2 Å². The van der Waals surface area contributed by atoms with E-state index in [2.05, 4.69) is 22.2 Å². The maximum absolute atomic E-state index is 12.4. The van der Waals surface area contributed by atoms with Crippen LogP contribution < -0.4 is 15.1 Å². The van der Waals surface area contributed by atoms with Crippen LogP contribution in [-0.2, 0) is 16.1 Å². The first-order chi connectivity index (χ1) is 13.9. The normalized spacial score (nSPS) is 14.5. The summed E-state index contributed by atoms with van der Waals surface area (Å²) in [7, 11) is 2.13. The molecule has 6 nitrogen and oxygen atoms in total. The first-order valence-corrected chi connectivity index (χ1v) is 10.1. The standard InChI is InChI=1S/C23H30N4O2/c1-18-5-4-6-20(15-18)16-24-23(29)17-27(19(2)28)22-9-7-21(8-10-22)26-13-11-25(3)12-14-26/h4-10,15H,11-14,16-17H2,1-3H3,(H,24,29). The van der Waals surface area contributed by atoms with Gasteiger partial charge in [0, 0.05) is 51.0 Å². The molecule has 0 unspecified atom stereocenters. The van der Waals surface area contributed by atoms with Gasteiger partial charge in [0.05, 0.1) is 0 Å². The quantitative estimate of drug-likeness (QED) is 0.818. The highest BCUT2D eigenvalue weighted by atomic mass is 16.2. The summed E-state index contributed by atoms with van der Waals surface area (Å²) in [6.45, 7) is 8.05. The molecule has 0 bridgehead atoms. The van der Waals surface area contributed by atoms with Crippen LogP contribution in [0.3, 0.4) is 0 Å². The molecule has 2 aromatic rings. The Bertz CT molecular complexity index is 842. The molecule has 0 aliphatic carbocycles. The highest BCUT2D eigenvalue weighted by Gasteiger charge is 2.18. The fraction of sp³-hybridized carbons (Fsp3) is 0.391. The summed E-state index contributed by atoms with van der Waals surface area (Å²) in [4.78, 5) is 30.7. The van der Waals surface area contributed by atoms with Crippen molar-refractivity contribution in [1.29, 1.82) is 0 Å². The molecule has 1 aliphatic rings. The topological polar surface area (TPSA) is 55.9 Å². The molecule has 3 rings (SSSR count). The summed E-state index contributed by atoms with van der Waals surface area (Å²) in [6, 6.07) is 15.9. The van der Waals surface area contributed by atoms with Crippen molar-refractivity contribution in [2.24, 2.45) is 0 Å². The van der Waals surface area contributed by atoms with Crippen LogP contribution in [0, 0.1) is 6.92 Å². The summed E-state index contributed by atoms with van der Waals surface area (Å²) >= 11 is 0. The summed E-state index contributed by atoms with van der Waals surface area (Å²) in [5.74, 6) is -0.326. The Balaban J connectivity index is 1.60. The van der Waals surface area contributed by atoms with Gasteiger partial charge < -0.3 is 20.0 Å². The Morgan fingerprint density at radius 1 is 1.03 bits per heavy atom. The second kappa shape index (κ2) is 9.56. The maximum Gasteiger partial charge on any atom is 0.240 e. The van der Waals surface area contributed by atoms with Gasteiger partial charge in [0.2, 0.25) is 11.8 Å². The minimum Gasteiger partial charge on any atom is -0.369 e.